The number of hydrogen-bond acceptors (Lipinski definition) is 5. The first-order valence-corrected chi connectivity index (χ1v) is 8.03. The van der Waals surface area contributed by atoms with Crippen molar-refractivity contribution in [3.05, 3.63) is 15.6 Å². The first kappa shape index (κ1) is 15.4. The van der Waals surface area contributed by atoms with Crippen LogP contribution < -0.4 is 5.32 Å². The molecular formula is C15H24N2O2S. The molecule has 2 rings (SSSR count). The highest BCUT2D eigenvalue weighted by atomic mass is 32.1. The zero-order valence-electron chi connectivity index (χ0n) is 12.8. The molecule has 4 nitrogen and oxygen atoms in total. The quantitative estimate of drug-likeness (QED) is 0.871. The van der Waals surface area contributed by atoms with Gasteiger partial charge in [0, 0.05) is 10.8 Å². The Kier molecular flexibility index (Phi) is 4.81. The van der Waals surface area contributed by atoms with E-state index in [-0.39, 0.29) is 5.97 Å². The van der Waals surface area contributed by atoms with Crippen LogP contribution in [-0.2, 0) is 16.1 Å². The van der Waals surface area contributed by atoms with Gasteiger partial charge in [-0.3, -0.25) is 4.79 Å². The molecule has 0 saturated carbocycles. The molecule has 1 aromatic heterocycles. The molecule has 1 aliphatic rings. The normalized spacial score (nSPS) is 17.2. The van der Waals surface area contributed by atoms with E-state index in [1.54, 1.807) is 11.3 Å². The summed E-state index contributed by atoms with van der Waals surface area (Å²) < 4.78 is 5.37. The maximum absolute atomic E-state index is 11.8. The van der Waals surface area contributed by atoms with Crippen molar-refractivity contribution in [1.29, 1.82) is 0 Å². The third kappa shape index (κ3) is 3.79. The van der Waals surface area contributed by atoms with Gasteiger partial charge in [-0.15, -0.1) is 11.3 Å². The van der Waals surface area contributed by atoms with Crippen LogP contribution in [0.25, 0.3) is 0 Å². The van der Waals surface area contributed by atoms with Gasteiger partial charge in [-0.1, -0.05) is 0 Å². The summed E-state index contributed by atoms with van der Waals surface area (Å²) in [6.07, 6.45) is 2.29. The zero-order valence-corrected chi connectivity index (χ0v) is 13.6. The van der Waals surface area contributed by atoms with Crippen molar-refractivity contribution in [2.75, 3.05) is 13.1 Å². The molecule has 0 aromatic carbocycles. The molecule has 0 spiro atoms. The fraction of sp³-hybridized carbons (Fsp3) is 0.733. The van der Waals surface area contributed by atoms with E-state index in [0.29, 0.717) is 12.5 Å². The lowest BCUT2D eigenvalue weighted by Gasteiger charge is -2.20. The second-order valence-corrected chi connectivity index (χ2v) is 7.64. The number of rotatable bonds is 3. The van der Waals surface area contributed by atoms with E-state index in [1.165, 1.54) is 9.88 Å². The van der Waals surface area contributed by atoms with Crippen LogP contribution in [0.15, 0.2) is 0 Å². The number of nitrogens with zero attached hydrogens (tertiary/aromatic N) is 1. The third-order valence-corrected chi connectivity index (χ3v) is 4.73. The minimum atomic E-state index is -0.457. The summed E-state index contributed by atoms with van der Waals surface area (Å²) in [5.74, 6) is 0.389. The van der Waals surface area contributed by atoms with Crippen LogP contribution in [0, 0.1) is 12.3 Å². The number of thiazole rings is 1. The molecular weight excluding hydrogens is 272 g/mol. The molecule has 1 fully saturated rings. The largest absolute Gasteiger partial charge is 0.459 e. The molecule has 0 aliphatic carbocycles. The minimum absolute atomic E-state index is 0.173. The van der Waals surface area contributed by atoms with E-state index in [1.807, 2.05) is 20.8 Å². The van der Waals surface area contributed by atoms with Crippen molar-refractivity contribution in [2.45, 2.75) is 53.1 Å². The van der Waals surface area contributed by atoms with Gasteiger partial charge in [-0.25, -0.2) is 4.98 Å². The van der Waals surface area contributed by atoms with Crippen LogP contribution in [0.2, 0.25) is 0 Å². The molecule has 1 saturated heterocycles. The Morgan fingerprint density at radius 2 is 2.05 bits per heavy atom. The van der Waals surface area contributed by atoms with Crippen molar-refractivity contribution in [1.82, 2.24) is 10.3 Å². The molecule has 0 unspecified atom stereocenters. The molecule has 0 atom stereocenters. The molecule has 5 heteroatoms. The van der Waals surface area contributed by atoms with Crippen molar-refractivity contribution < 1.29 is 9.53 Å². The predicted octanol–water partition coefficient (Wildman–Crippen LogP) is 3.01. The van der Waals surface area contributed by atoms with Crippen molar-refractivity contribution in [3.8, 4) is 0 Å². The van der Waals surface area contributed by atoms with Gasteiger partial charge in [0.05, 0.1) is 16.1 Å². The van der Waals surface area contributed by atoms with Gasteiger partial charge < -0.3 is 10.1 Å². The summed E-state index contributed by atoms with van der Waals surface area (Å²) >= 11 is 1.75. The first-order chi connectivity index (χ1) is 9.38. The summed E-state index contributed by atoms with van der Waals surface area (Å²) in [6, 6.07) is 0. The lowest BCUT2D eigenvalue weighted by molar-refractivity contribution is -0.154. The Bertz CT molecular complexity index is 471. The highest BCUT2D eigenvalue weighted by molar-refractivity contribution is 7.11. The number of nitrogens with one attached hydrogen (secondary N) is 1. The summed E-state index contributed by atoms with van der Waals surface area (Å²) in [5.41, 5.74) is 0.461. The molecule has 0 radical (unpaired) electrons. The number of carbonyl (C=O) groups is 1. The van der Waals surface area contributed by atoms with Crippen molar-refractivity contribution >= 4 is 17.3 Å². The summed E-state index contributed by atoms with van der Waals surface area (Å²) in [5, 5.41) is 4.57. The van der Waals surface area contributed by atoms with Gasteiger partial charge in [0.25, 0.3) is 0 Å². The summed E-state index contributed by atoms with van der Waals surface area (Å²) in [7, 11) is 0. The summed E-state index contributed by atoms with van der Waals surface area (Å²) in [4.78, 5) is 17.7. The Balaban J connectivity index is 1.99. The third-order valence-electron chi connectivity index (χ3n) is 3.55. The minimum Gasteiger partial charge on any atom is -0.459 e. The van der Waals surface area contributed by atoms with E-state index < -0.39 is 5.41 Å². The van der Waals surface area contributed by atoms with Crippen LogP contribution >= 0.6 is 11.3 Å². The number of piperidine rings is 1. The van der Waals surface area contributed by atoms with E-state index in [0.717, 1.165) is 31.6 Å². The number of carbonyl (C=O) groups excluding carboxylic acids is 1. The molecule has 1 aliphatic heterocycles. The number of ether oxygens (including phenoxy) is 1. The van der Waals surface area contributed by atoms with Crippen molar-refractivity contribution in [3.63, 3.8) is 0 Å². The lowest BCUT2D eigenvalue weighted by Crippen LogP contribution is -2.26. The fourth-order valence-electron chi connectivity index (χ4n) is 2.18. The Morgan fingerprint density at radius 1 is 1.40 bits per heavy atom. The molecule has 112 valence electrons. The van der Waals surface area contributed by atoms with E-state index in [9.17, 15) is 4.79 Å². The summed E-state index contributed by atoms with van der Waals surface area (Å²) in [6.45, 7) is 10.1. The first-order valence-electron chi connectivity index (χ1n) is 7.22. The maximum atomic E-state index is 11.8. The second-order valence-electron chi connectivity index (χ2n) is 6.41. The van der Waals surface area contributed by atoms with Crippen LogP contribution in [-0.4, -0.2) is 24.0 Å². The second kappa shape index (κ2) is 6.22. The molecule has 1 aromatic rings. The Labute approximate surface area is 124 Å². The smallest absolute Gasteiger partial charge is 0.311 e. The van der Waals surface area contributed by atoms with Gasteiger partial charge >= 0.3 is 5.97 Å². The standard InChI is InChI=1S/C15H24N2O2S/c1-10-12(9-19-14(18)15(2,3)4)17-13(20-10)11-5-7-16-8-6-11/h11,16H,5-9H2,1-4H3. The zero-order chi connectivity index (χ0) is 14.8. The van der Waals surface area contributed by atoms with Gasteiger partial charge in [0.1, 0.15) is 6.61 Å². The molecule has 1 N–H and O–H groups in total. The number of hydrogen-bond donors (Lipinski definition) is 1. The monoisotopic (exact) mass is 296 g/mol. The van der Waals surface area contributed by atoms with Gasteiger partial charge in [-0.05, 0) is 53.6 Å². The average molecular weight is 296 g/mol. The Morgan fingerprint density at radius 3 is 2.65 bits per heavy atom. The predicted molar refractivity (Wildman–Crippen MR) is 80.9 cm³/mol. The van der Waals surface area contributed by atoms with Crippen LogP contribution in [0.5, 0.6) is 0 Å². The fourth-order valence-corrected chi connectivity index (χ4v) is 3.27. The van der Waals surface area contributed by atoms with Crippen LogP contribution in [0.3, 0.4) is 0 Å². The highest BCUT2D eigenvalue weighted by Crippen LogP contribution is 2.31. The van der Waals surface area contributed by atoms with E-state index in [4.69, 9.17) is 9.72 Å². The Hall–Kier alpha value is -0.940. The van der Waals surface area contributed by atoms with Gasteiger partial charge in [0.15, 0.2) is 0 Å². The molecule has 0 amide bonds. The number of esters is 1. The van der Waals surface area contributed by atoms with Crippen LogP contribution in [0.1, 0.15) is 55.1 Å². The SMILES string of the molecule is Cc1sc(C2CCNCC2)nc1COC(=O)C(C)(C)C. The lowest BCUT2D eigenvalue weighted by atomic mass is 9.97. The highest BCUT2D eigenvalue weighted by Gasteiger charge is 2.24. The molecule has 20 heavy (non-hydrogen) atoms. The number of aryl methyl sites for hydroxylation is 1. The average Bonchev–Trinajstić information content (AvgIpc) is 2.77. The molecule has 0 bridgehead atoms. The number of aromatic nitrogens is 1. The van der Waals surface area contributed by atoms with E-state index in [2.05, 4.69) is 12.2 Å². The van der Waals surface area contributed by atoms with Gasteiger partial charge in [0.2, 0.25) is 0 Å². The molecule has 2 heterocycles. The van der Waals surface area contributed by atoms with Crippen molar-refractivity contribution in [2.24, 2.45) is 5.41 Å². The maximum Gasteiger partial charge on any atom is 0.311 e. The van der Waals surface area contributed by atoms with E-state index >= 15 is 0 Å². The van der Waals surface area contributed by atoms with Gasteiger partial charge in [-0.2, -0.15) is 0 Å². The topological polar surface area (TPSA) is 51.2 Å². The van der Waals surface area contributed by atoms with Crippen LogP contribution in [0.4, 0.5) is 0 Å².